The normalized spacial score (nSPS) is 22.8. The second-order valence-corrected chi connectivity index (χ2v) is 4.61. The van der Waals surface area contributed by atoms with Crippen LogP contribution in [0, 0.1) is 5.92 Å². The Hall–Kier alpha value is -0.570. The van der Waals surface area contributed by atoms with Gasteiger partial charge in [0.15, 0.2) is 0 Å². The zero-order valence-electron chi connectivity index (χ0n) is 9.52. The van der Waals surface area contributed by atoms with Crippen LogP contribution >= 0.6 is 0 Å². The minimum absolute atomic E-state index is 0.0196. The zero-order valence-corrected chi connectivity index (χ0v) is 9.52. The lowest BCUT2D eigenvalue weighted by Gasteiger charge is -2.35. The number of hydrogen-bond acceptors (Lipinski definition) is 2. The van der Waals surface area contributed by atoms with Crippen molar-refractivity contribution in [2.24, 2.45) is 5.92 Å². The molecule has 0 radical (unpaired) electrons. The summed E-state index contributed by atoms with van der Waals surface area (Å²) in [6, 6.07) is 0. The van der Waals surface area contributed by atoms with E-state index in [4.69, 9.17) is 0 Å². The van der Waals surface area contributed by atoms with Gasteiger partial charge in [-0.3, -0.25) is 4.79 Å². The van der Waals surface area contributed by atoms with Crippen LogP contribution in [0.5, 0.6) is 0 Å². The fourth-order valence-corrected chi connectivity index (χ4v) is 1.71. The van der Waals surface area contributed by atoms with Gasteiger partial charge in [0.1, 0.15) is 0 Å². The first kappa shape index (κ1) is 11.5. The second kappa shape index (κ2) is 4.78. The highest BCUT2D eigenvalue weighted by Gasteiger charge is 2.29. The van der Waals surface area contributed by atoms with E-state index in [0.29, 0.717) is 0 Å². The van der Waals surface area contributed by atoms with Crippen molar-refractivity contribution in [1.29, 1.82) is 0 Å². The van der Waals surface area contributed by atoms with Crippen LogP contribution in [0.2, 0.25) is 0 Å². The molecule has 0 aromatic heterocycles. The van der Waals surface area contributed by atoms with Gasteiger partial charge in [0.25, 0.3) is 0 Å². The quantitative estimate of drug-likeness (QED) is 0.717. The number of rotatable bonds is 3. The van der Waals surface area contributed by atoms with Crippen LogP contribution in [0.15, 0.2) is 0 Å². The highest BCUT2D eigenvalue weighted by molar-refractivity contribution is 5.78. The van der Waals surface area contributed by atoms with Gasteiger partial charge in [-0.05, 0) is 39.3 Å². The second-order valence-electron chi connectivity index (χ2n) is 4.61. The molecular formula is C11H22N2O. The average molecular weight is 198 g/mol. The van der Waals surface area contributed by atoms with E-state index >= 15 is 0 Å². The van der Waals surface area contributed by atoms with Crippen molar-refractivity contribution in [3.63, 3.8) is 0 Å². The summed E-state index contributed by atoms with van der Waals surface area (Å²) in [5.41, 5.74) is 0.0196. The summed E-state index contributed by atoms with van der Waals surface area (Å²) in [4.78, 5) is 11.7. The third-order valence-electron chi connectivity index (χ3n) is 3.19. The third-order valence-corrected chi connectivity index (χ3v) is 3.19. The van der Waals surface area contributed by atoms with Crippen LogP contribution in [-0.2, 0) is 4.79 Å². The summed E-state index contributed by atoms with van der Waals surface area (Å²) in [6.45, 7) is 8.21. The predicted octanol–water partition coefficient (Wildman–Crippen LogP) is 1.29. The Bertz CT molecular complexity index is 197. The van der Waals surface area contributed by atoms with Crippen molar-refractivity contribution in [3.8, 4) is 0 Å². The van der Waals surface area contributed by atoms with Crippen molar-refractivity contribution in [2.75, 3.05) is 13.1 Å². The highest BCUT2D eigenvalue weighted by Crippen LogP contribution is 2.18. The molecule has 1 atom stereocenters. The smallest absolute Gasteiger partial charge is 0.223 e. The summed E-state index contributed by atoms with van der Waals surface area (Å²) >= 11 is 0. The summed E-state index contributed by atoms with van der Waals surface area (Å²) < 4.78 is 0. The maximum Gasteiger partial charge on any atom is 0.223 e. The molecule has 3 heteroatoms. The molecule has 1 saturated heterocycles. The molecule has 1 unspecified atom stereocenters. The van der Waals surface area contributed by atoms with Gasteiger partial charge >= 0.3 is 0 Å². The SMILES string of the molecule is CCC(C)C(=O)NC1(C)CCNCC1. The summed E-state index contributed by atoms with van der Waals surface area (Å²) in [7, 11) is 0. The van der Waals surface area contributed by atoms with E-state index in [1.165, 1.54) is 0 Å². The van der Waals surface area contributed by atoms with E-state index in [0.717, 1.165) is 32.4 Å². The Morgan fingerprint density at radius 3 is 2.57 bits per heavy atom. The third kappa shape index (κ3) is 2.98. The van der Waals surface area contributed by atoms with E-state index in [9.17, 15) is 4.79 Å². The van der Waals surface area contributed by atoms with E-state index in [2.05, 4.69) is 24.5 Å². The monoisotopic (exact) mass is 198 g/mol. The molecule has 0 aromatic rings. The molecule has 0 aromatic carbocycles. The fourth-order valence-electron chi connectivity index (χ4n) is 1.71. The van der Waals surface area contributed by atoms with E-state index < -0.39 is 0 Å². The molecule has 2 N–H and O–H groups in total. The molecule has 1 rings (SSSR count). The van der Waals surface area contributed by atoms with Crippen molar-refractivity contribution in [3.05, 3.63) is 0 Å². The molecule has 0 spiro atoms. The van der Waals surface area contributed by atoms with Crippen LogP contribution in [0.3, 0.4) is 0 Å². The van der Waals surface area contributed by atoms with Crippen molar-refractivity contribution in [2.45, 2.75) is 45.6 Å². The van der Waals surface area contributed by atoms with Gasteiger partial charge in [-0.1, -0.05) is 13.8 Å². The number of hydrogen-bond donors (Lipinski definition) is 2. The van der Waals surface area contributed by atoms with Crippen molar-refractivity contribution < 1.29 is 4.79 Å². The summed E-state index contributed by atoms with van der Waals surface area (Å²) in [6.07, 6.45) is 2.99. The maximum atomic E-state index is 11.7. The van der Waals surface area contributed by atoms with Gasteiger partial charge in [-0.15, -0.1) is 0 Å². The van der Waals surface area contributed by atoms with Crippen molar-refractivity contribution in [1.82, 2.24) is 10.6 Å². The molecule has 0 bridgehead atoms. The molecule has 82 valence electrons. The number of piperidine rings is 1. The molecule has 1 heterocycles. The van der Waals surface area contributed by atoms with Gasteiger partial charge < -0.3 is 10.6 Å². The minimum atomic E-state index is 0.0196. The number of amides is 1. The maximum absolute atomic E-state index is 11.7. The molecule has 0 saturated carbocycles. The van der Waals surface area contributed by atoms with Crippen LogP contribution < -0.4 is 10.6 Å². The predicted molar refractivity (Wildman–Crippen MR) is 58.1 cm³/mol. The van der Waals surface area contributed by atoms with Crippen LogP contribution in [0.1, 0.15) is 40.0 Å². The summed E-state index contributed by atoms with van der Waals surface area (Å²) in [5.74, 6) is 0.346. The molecule has 1 aliphatic rings. The first-order valence-corrected chi connectivity index (χ1v) is 5.60. The van der Waals surface area contributed by atoms with Crippen molar-refractivity contribution >= 4 is 5.91 Å². The van der Waals surface area contributed by atoms with Gasteiger partial charge in [-0.2, -0.15) is 0 Å². The number of carbonyl (C=O) groups excluding carboxylic acids is 1. The molecule has 14 heavy (non-hydrogen) atoms. The first-order valence-electron chi connectivity index (χ1n) is 5.60. The summed E-state index contributed by atoms with van der Waals surface area (Å²) in [5, 5.41) is 6.47. The molecule has 1 aliphatic heterocycles. The lowest BCUT2D eigenvalue weighted by atomic mass is 9.90. The van der Waals surface area contributed by atoms with Gasteiger partial charge in [0, 0.05) is 11.5 Å². The zero-order chi connectivity index (χ0) is 10.6. The first-order chi connectivity index (χ1) is 6.57. The molecule has 1 amide bonds. The van der Waals surface area contributed by atoms with Crippen LogP contribution in [-0.4, -0.2) is 24.5 Å². The van der Waals surface area contributed by atoms with E-state index in [1.807, 2.05) is 6.92 Å². The Balaban J connectivity index is 2.44. The highest BCUT2D eigenvalue weighted by atomic mass is 16.2. The number of nitrogens with one attached hydrogen (secondary N) is 2. The molecule has 3 nitrogen and oxygen atoms in total. The largest absolute Gasteiger partial charge is 0.351 e. The van der Waals surface area contributed by atoms with Crippen LogP contribution in [0.25, 0.3) is 0 Å². The lowest BCUT2D eigenvalue weighted by molar-refractivity contribution is -0.126. The fraction of sp³-hybridized carbons (Fsp3) is 0.909. The Morgan fingerprint density at radius 1 is 1.50 bits per heavy atom. The minimum Gasteiger partial charge on any atom is -0.351 e. The lowest BCUT2D eigenvalue weighted by Crippen LogP contribution is -2.53. The average Bonchev–Trinajstić information content (AvgIpc) is 2.17. The van der Waals surface area contributed by atoms with Gasteiger partial charge in [0.05, 0.1) is 0 Å². The molecular weight excluding hydrogens is 176 g/mol. The molecule has 1 fully saturated rings. The van der Waals surface area contributed by atoms with Gasteiger partial charge in [0.2, 0.25) is 5.91 Å². The standard InChI is InChI=1S/C11H22N2O/c1-4-9(2)10(14)13-11(3)5-7-12-8-6-11/h9,12H,4-8H2,1-3H3,(H,13,14). The van der Waals surface area contributed by atoms with Crippen LogP contribution in [0.4, 0.5) is 0 Å². The molecule has 0 aliphatic carbocycles. The topological polar surface area (TPSA) is 41.1 Å². The van der Waals surface area contributed by atoms with E-state index in [-0.39, 0.29) is 17.4 Å². The Morgan fingerprint density at radius 2 is 2.07 bits per heavy atom. The Labute approximate surface area is 86.6 Å². The van der Waals surface area contributed by atoms with Gasteiger partial charge in [-0.25, -0.2) is 0 Å². The number of carbonyl (C=O) groups is 1. The van der Waals surface area contributed by atoms with E-state index in [1.54, 1.807) is 0 Å². The Kier molecular flexibility index (Phi) is 3.93.